The van der Waals surface area contributed by atoms with Crippen LogP contribution in [0.5, 0.6) is 0 Å². The zero-order valence-corrected chi connectivity index (χ0v) is 10.4. The van der Waals surface area contributed by atoms with E-state index in [4.69, 9.17) is 0 Å². The van der Waals surface area contributed by atoms with Crippen molar-refractivity contribution in [3.8, 4) is 0 Å². The molecule has 0 aliphatic heterocycles. The quantitative estimate of drug-likeness (QED) is 0.663. The number of hydrogen-bond donors (Lipinski definition) is 2. The van der Waals surface area contributed by atoms with E-state index in [1.165, 1.54) is 0 Å². The highest BCUT2D eigenvalue weighted by Crippen LogP contribution is 2.07. The van der Waals surface area contributed by atoms with Crippen molar-refractivity contribution in [2.75, 3.05) is 6.54 Å². The van der Waals surface area contributed by atoms with Crippen molar-refractivity contribution in [3.05, 3.63) is 0 Å². The lowest BCUT2D eigenvalue weighted by Crippen LogP contribution is -2.35. The summed E-state index contributed by atoms with van der Waals surface area (Å²) in [5, 5.41) is 13.1. The Morgan fingerprint density at radius 3 is 2.00 bits per heavy atom. The Kier molecular flexibility index (Phi) is 7.20. The minimum atomic E-state index is -0.160. The van der Waals surface area contributed by atoms with Crippen LogP contribution >= 0.6 is 0 Å². The standard InChI is InChI=1S/C12H27NO/c1-6-11(9(2)3)13-8-7-12(14)10(4)5/h9-14H,6-8H2,1-5H3. The summed E-state index contributed by atoms with van der Waals surface area (Å²) in [6.07, 6.45) is 1.86. The Labute approximate surface area is 89.1 Å². The van der Waals surface area contributed by atoms with Crippen LogP contribution in [0.2, 0.25) is 0 Å². The molecule has 2 unspecified atom stereocenters. The van der Waals surface area contributed by atoms with Crippen LogP contribution < -0.4 is 5.32 Å². The number of nitrogens with one attached hydrogen (secondary N) is 1. The first-order valence-electron chi connectivity index (χ1n) is 5.90. The van der Waals surface area contributed by atoms with Gasteiger partial charge in [-0.15, -0.1) is 0 Å². The molecule has 0 aromatic heterocycles. The summed E-state index contributed by atoms with van der Waals surface area (Å²) in [5.74, 6) is 1.05. The highest BCUT2D eigenvalue weighted by atomic mass is 16.3. The van der Waals surface area contributed by atoms with Crippen LogP contribution in [-0.4, -0.2) is 23.8 Å². The van der Waals surface area contributed by atoms with Gasteiger partial charge in [0.05, 0.1) is 6.10 Å². The summed E-state index contributed by atoms with van der Waals surface area (Å²) in [4.78, 5) is 0. The maximum absolute atomic E-state index is 9.61. The lowest BCUT2D eigenvalue weighted by Gasteiger charge is -2.22. The third-order valence-corrected chi connectivity index (χ3v) is 2.86. The van der Waals surface area contributed by atoms with Gasteiger partial charge in [0.2, 0.25) is 0 Å². The smallest absolute Gasteiger partial charge is 0.0575 e. The van der Waals surface area contributed by atoms with E-state index in [-0.39, 0.29) is 6.10 Å². The second kappa shape index (κ2) is 7.24. The first-order chi connectivity index (χ1) is 6.49. The van der Waals surface area contributed by atoms with Gasteiger partial charge in [-0.25, -0.2) is 0 Å². The van der Waals surface area contributed by atoms with Crippen LogP contribution in [0, 0.1) is 11.8 Å². The van der Waals surface area contributed by atoms with E-state index < -0.39 is 0 Å². The highest BCUT2D eigenvalue weighted by molar-refractivity contribution is 4.70. The van der Waals surface area contributed by atoms with Gasteiger partial charge in [-0.3, -0.25) is 0 Å². The molecule has 0 amide bonds. The summed E-state index contributed by atoms with van der Waals surface area (Å²) in [6.45, 7) is 11.7. The van der Waals surface area contributed by atoms with E-state index in [1.807, 2.05) is 0 Å². The molecule has 0 saturated carbocycles. The molecule has 86 valence electrons. The molecule has 0 fully saturated rings. The van der Waals surface area contributed by atoms with Gasteiger partial charge in [0.1, 0.15) is 0 Å². The Balaban J connectivity index is 3.61. The molecule has 2 atom stereocenters. The first-order valence-corrected chi connectivity index (χ1v) is 5.90. The molecule has 14 heavy (non-hydrogen) atoms. The molecule has 2 heteroatoms. The lowest BCUT2D eigenvalue weighted by molar-refractivity contribution is 0.114. The molecule has 0 radical (unpaired) electrons. The molecule has 0 aromatic rings. The maximum atomic E-state index is 9.61. The second-order valence-corrected chi connectivity index (χ2v) is 4.81. The highest BCUT2D eigenvalue weighted by Gasteiger charge is 2.12. The Morgan fingerprint density at radius 1 is 1.07 bits per heavy atom. The van der Waals surface area contributed by atoms with Crippen LogP contribution in [0.1, 0.15) is 47.5 Å². The Hall–Kier alpha value is -0.0800. The zero-order valence-electron chi connectivity index (χ0n) is 10.4. The minimum absolute atomic E-state index is 0.160. The van der Waals surface area contributed by atoms with Crippen molar-refractivity contribution >= 4 is 0 Å². The maximum Gasteiger partial charge on any atom is 0.0575 e. The van der Waals surface area contributed by atoms with Crippen molar-refractivity contribution in [3.63, 3.8) is 0 Å². The predicted molar refractivity (Wildman–Crippen MR) is 62.4 cm³/mol. The topological polar surface area (TPSA) is 32.3 Å². The average molecular weight is 201 g/mol. The molecule has 2 nitrogen and oxygen atoms in total. The molecule has 0 rings (SSSR count). The molecule has 0 heterocycles. The zero-order chi connectivity index (χ0) is 11.1. The van der Waals surface area contributed by atoms with Gasteiger partial charge in [-0.05, 0) is 31.2 Å². The van der Waals surface area contributed by atoms with Gasteiger partial charge in [-0.2, -0.15) is 0 Å². The molecule has 0 aromatic carbocycles. The molecular weight excluding hydrogens is 174 g/mol. The van der Waals surface area contributed by atoms with Crippen molar-refractivity contribution in [2.24, 2.45) is 11.8 Å². The van der Waals surface area contributed by atoms with E-state index >= 15 is 0 Å². The SMILES string of the molecule is CCC(NCCC(O)C(C)C)C(C)C. The second-order valence-electron chi connectivity index (χ2n) is 4.81. The number of rotatable bonds is 7. The lowest BCUT2D eigenvalue weighted by atomic mass is 10.0. The summed E-state index contributed by atoms with van der Waals surface area (Å²) in [7, 11) is 0. The van der Waals surface area contributed by atoms with Gasteiger partial charge >= 0.3 is 0 Å². The molecule has 0 spiro atoms. The number of aliphatic hydroxyl groups excluding tert-OH is 1. The Bertz CT molecular complexity index is 134. The van der Waals surface area contributed by atoms with E-state index in [0.29, 0.717) is 17.9 Å². The van der Waals surface area contributed by atoms with Crippen LogP contribution in [0.15, 0.2) is 0 Å². The van der Waals surface area contributed by atoms with Gasteiger partial charge in [0.15, 0.2) is 0 Å². The number of hydrogen-bond acceptors (Lipinski definition) is 2. The largest absolute Gasteiger partial charge is 0.393 e. The van der Waals surface area contributed by atoms with Crippen LogP contribution in [-0.2, 0) is 0 Å². The fourth-order valence-electron chi connectivity index (χ4n) is 1.60. The van der Waals surface area contributed by atoms with E-state index in [9.17, 15) is 5.11 Å². The van der Waals surface area contributed by atoms with Crippen LogP contribution in [0.25, 0.3) is 0 Å². The van der Waals surface area contributed by atoms with Gasteiger partial charge in [0.25, 0.3) is 0 Å². The van der Waals surface area contributed by atoms with E-state index in [2.05, 4.69) is 39.9 Å². The molecule has 0 aliphatic rings. The summed E-state index contributed by atoms with van der Waals surface area (Å²) < 4.78 is 0. The van der Waals surface area contributed by atoms with Crippen LogP contribution in [0.3, 0.4) is 0 Å². The predicted octanol–water partition coefficient (Wildman–Crippen LogP) is 2.42. The fourth-order valence-corrected chi connectivity index (χ4v) is 1.60. The van der Waals surface area contributed by atoms with Crippen molar-refractivity contribution in [1.29, 1.82) is 0 Å². The molecule has 0 aliphatic carbocycles. The fraction of sp³-hybridized carbons (Fsp3) is 1.00. The monoisotopic (exact) mass is 201 g/mol. The third-order valence-electron chi connectivity index (χ3n) is 2.86. The molecule has 0 bridgehead atoms. The van der Waals surface area contributed by atoms with E-state index in [0.717, 1.165) is 19.4 Å². The van der Waals surface area contributed by atoms with Crippen LogP contribution in [0.4, 0.5) is 0 Å². The van der Waals surface area contributed by atoms with Crippen molar-refractivity contribution in [2.45, 2.75) is 59.6 Å². The van der Waals surface area contributed by atoms with Gasteiger partial charge in [-0.1, -0.05) is 34.6 Å². The summed E-state index contributed by atoms with van der Waals surface area (Å²) in [6, 6.07) is 0.592. The summed E-state index contributed by atoms with van der Waals surface area (Å²) in [5.41, 5.74) is 0. The summed E-state index contributed by atoms with van der Waals surface area (Å²) >= 11 is 0. The first kappa shape index (κ1) is 13.9. The van der Waals surface area contributed by atoms with Crippen molar-refractivity contribution in [1.82, 2.24) is 5.32 Å². The molecule has 2 N–H and O–H groups in total. The van der Waals surface area contributed by atoms with Gasteiger partial charge < -0.3 is 10.4 Å². The Morgan fingerprint density at radius 2 is 1.64 bits per heavy atom. The third kappa shape index (κ3) is 5.61. The molecule has 0 saturated heterocycles. The van der Waals surface area contributed by atoms with E-state index in [1.54, 1.807) is 0 Å². The van der Waals surface area contributed by atoms with Crippen molar-refractivity contribution < 1.29 is 5.11 Å². The van der Waals surface area contributed by atoms with Gasteiger partial charge in [0, 0.05) is 6.04 Å². The number of aliphatic hydroxyl groups is 1. The minimum Gasteiger partial charge on any atom is -0.393 e. The molecular formula is C12H27NO. The average Bonchev–Trinajstić information content (AvgIpc) is 2.11. The normalized spacial score (nSPS) is 16.3.